The smallest absolute Gasteiger partial charge is 0.306 e. The molecule has 0 rings (SSSR count). The zero-order valence-electron chi connectivity index (χ0n) is 34.6. The molecule has 0 amide bonds. The monoisotopic (exact) mass is 748 g/mol. The van der Waals surface area contributed by atoms with Gasteiger partial charge >= 0.3 is 5.97 Å². The summed E-state index contributed by atoms with van der Waals surface area (Å²) in [6.45, 7) is 5.45. The van der Waals surface area contributed by atoms with Crippen LogP contribution in [0.25, 0.3) is 0 Å². The van der Waals surface area contributed by atoms with E-state index in [-0.39, 0.29) is 25.8 Å². The van der Waals surface area contributed by atoms with Crippen LogP contribution in [-0.2, 0) is 27.9 Å². The van der Waals surface area contributed by atoms with Crippen molar-refractivity contribution in [3.63, 3.8) is 0 Å². The summed E-state index contributed by atoms with van der Waals surface area (Å²) < 4.78 is 34.5. The zero-order chi connectivity index (χ0) is 37.7. The minimum Gasteiger partial charge on any atom is -0.756 e. The molecule has 0 saturated carbocycles. The number of phosphoric acid groups is 1. The van der Waals surface area contributed by atoms with Crippen LogP contribution >= 0.6 is 7.82 Å². The van der Waals surface area contributed by atoms with Crippen molar-refractivity contribution in [2.45, 2.75) is 213 Å². The fourth-order valence-electron chi connectivity index (χ4n) is 6.25. The number of unbranched alkanes of at least 4 members (excludes halogenated alkanes) is 27. The van der Waals surface area contributed by atoms with Crippen LogP contribution < -0.4 is 4.89 Å². The van der Waals surface area contributed by atoms with Gasteiger partial charge in [0, 0.05) is 13.0 Å². The summed E-state index contributed by atoms with van der Waals surface area (Å²) in [4.78, 5) is 25.0. The molecule has 0 aromatic heterocycles. The average molecular weight is 748 g/mol. The van der Waals surface area contributed by atoms with Crippen LogP contribution in [0.3, 0.4) is 0 Å². The lowest BCUT2D eigenvalue weighted by Gasteiger charge is -2.28. The minimum absolute atomic E-state index is 0.0312. The molecule has 0 aromatic rings. The Kier molecular flexibility index (Phi) is 36.1. The van der Waals surface area contributed by atoms with Crippen LogP contribution in [0.15, 0.2) is 0 Å². The molecule has 0 N–H and O–H groups in total. The molecule has 51 heavy (non-hydrogen) atoms. The van der Waals surface area contributed by atoms with Crippen LogP contribution in [-0.4, -0.2) is 70.7 Å². The van der Waals surface area contributed by atoms with Gasteiger partial charge in [0.25, 0.3) is 7.82 Å². The summed E-state index contributed by atoms with van der Waals surface area (Å²) in [7, 11) is 1.37. The van der Waals surface area contributed by atoms with E-state index in [0.29, 0.717) is 24.1 Å². The first-order valence-corrected chi connectivity index (χ1v) is 23.2. The lowest BCUT2D eigenvalue weighted by molar-refractivity contribution is -0.870. The molecule has 0 bridgehead atoms. The first-order chi connectivity index (χ1) is 24.6. The molecule has 0 aromatic carbocycles. The van der Waals surface area contributed by atoms with Crippen LogP contribution in [0.4, 0.5) is 0 Å². The summed E-state index contributed by atoms with van der Waals surface area (Å²) >= 11 is 0. The number of nitrogens with zero attached hydrogens (tertiary/aromatic N) is 1. The third-order valence-electron chi connectivity index (χ3n) is 9.66. The van der Waals surface area contributed by atoms with Crippen molar-refractivity contribution in [2.75, 3.05) is 54.1 Å². The Hall–Kier alpha value is -0.500. The number of likely N-dealkylation sites (N-methyl/N-ethyl adjacent to an activating group) is 1. The zero-order valence-corrected chi connectivity index (χ0v) is 35.5. The molecule has 0 fully saturated rings. The van der Waals surface area contributed by atoms with Crippen molar-refractivity contribution < 1.29 is 37.3 Å². The number of phosphoric ester groups is 1. The van der Waals surface area contributed by atoms with Gasteiger partial charge in [-0.2, -0.15) is 0 Å². The maximum atomic E-state index is 12.6. The molecule has 0 heterocycles. The van der Waals surface area contributed by atoms with E-state index < -0.39 is 13.9 Å². The summed E-state index contributed by atoms with van der Waals surface area (Å²) in [5.74, 6) is -0.331. The van der Waals surface area contributed by atoms with Crippen molar-refractivity contribution in [1.29, 1.82) is 0 Å². The Morgan fingerprint density at radius 1 is 0.529 bits per heavy atom. The number of carbonyl (C=O) groups is 1. The van der Waals surface area contributed by atoms with E-state index in [1.54, 1.807) is 0 Å². The first kappa shape index (κ1) is 50.5. The van der Waals surface area contributed by atoms with Gasteiger partial charge in [0.05, 0.1) is 34.4 Å². The quantitative estimate of drug-likeness (QED) is 0.0266. The molecule has 0 saturated heterocycles. The number of rotatable bonds is 41. The van der Waals surface area contributed by atoms with Gasteiger partial charge in [-0.1, -0.05) is 187 Å². The van der Waals surface area contributed by atoms with E-state index >= 15 is 0 Å². The summed E-state index contributed by atoms with van der Waals surface area (Å²) in [6.07, 6.45) is 36.8. The number of hydrogen-bond donors (Lipinski definition) is 0. The summed E-state index contributed by atoms with van der Waals surface area (Å²) in [5, 5.41) is 0. The topological polar surface area (TPSA) is 94.1 Å². The lowest BCUT2D eigenvalue weighted by Crippen LogP contribution is -2.37. The third-order valence-corrected chi connectivity index (χ3v) is 10.6. The van der Waals surface area contributed by atoms with E-state index in [1.165, 1.54) is 154 Å². The van der Waals surface area contributed by atoms with E-state index in [4.69, 9.17) is 18.5 Å². The highest BCUT2D eigenvalue weighted by Gasteiger charge is 2.20. The first-order valence-electron chi connectivity index (χ1n) is 21.8. The Bertz CT molecular complexity index is 792. The van der Waals surface area contributed by atoms with Gasteiger partial charge < -0.3 is 27.9 Å². The number of carbonyl (C=O) groups excluding carboxylic acids is 1. The number of esters is 1. The fourth-order valence-corrected chi connectivity index (χ4v) is 6.98. The van der Waals surface area contributed by atoms with E-state index in [2.05, 4.69) is 13.8 Å². The molecule has 0 radical (unpaired) electrons. The van der Waals surface area contributed by atoms with Crippen molar-refractivity contribution in [3.8, 4) is 0 Å². The summed E-state index contributed by atoms with van der Waals surface area (Å²) in [5.41, 5.74) is 0. The van der Waals surface area contributed by atoms with Crippen molar-refractivity contribution in [1.82, 2.24) is 0 Å². The van der Waals surface area contributed by atoms with Gasteiger partial charge in [-0.05, 0) is 12.8 Å². The Morgan fingerprint density at radius 3 is 1.29 bits per heavy atom. The lowest BCUT2D eigenvalue weighted by atomic mass is 10.0. The van der Waals surface area contributed by atoms with Crippen LogP contribution in [0.5, 0.6) is 0 Å². The van der Waals surface area contributed by atoms with E-state index in [9.17, 15) is 14.3 Å². The highest BCUT2D eigenvalue weighted by molar-refractivity contribution is 7.45. The van der Waals surface area contributed by atoms with E-state index in [1.807, 2.05) is 21.1 Å². The van der Waals surface area contributed by atoms with Crippen LogP contribution in [0.2, 0.25) is 0 Å². The predicted octanol–water partition coefficient (Wildman–Crippen LogP) is 11.9. The fraction of sp³-hybridized carbons (Fsp3) is 0.976. The van der Waals surface area contributed by atoms with Crippen molar-refractivity contribution in [2.24, 2.45) is 0 Å². The molecule has 0 aliphatic carbocycles. The molecule has 0 aliphatic rings. The third kappa shape index (κ3) is 40.5. The maximum absolute atomic E-state index is 12.6. The maximum Gasteiger partial charge on any atom is 0.306 e. The predicted molar refractivity (Wildman–Crippen MR) is 213 cm³/mol. The number of hydrogen-bond acceptors (Lipinski definition) is 7. The van der Waals surface area contributed by atoms with Crippen molar-refractivity contribution in [3.05, 3.63) is 0 Å². The Morgan fingerprint density at radius 2 is 0.902 bits per heavy atom. The standard InChI is InChI=1S/C42H86NO7P/c1-6-8-10-12-14-16-18-19-20-21-22-23-24-26-28-30-32-34-37-47-39-41(40-49-51(45,46)48-38-36-43(3,4)5)50-42(44)35-33-31-29-27-25-17-15-13-11-9-7-2/h41H,6-40H2,1-5H3. The second kappa shape index (κ2) is 36.5. The van der Waals surface area contributed by atoms with Crippen LogP contribution in [0, 0.1) is 0 Å². The van der Waals surface area contributed by atoms with Gasteiger partial charge in [-0.15, -0.1) is 0 Å². The highest BCUT2D eigenvalue weighted by atomic mass is 31.2. The highest BCUT2D eigenvalue weighted by Crippen LogP contribution is 2.38. The molecular formula is C42H86NO7P. The molecule has 9 heteroatoms. The average Bonchev–Trinajstić information content (AvgIpc) is 3.08. The molecule has 0 spiro atoms. The second-order valence-corrected chi connectivity index (χ2v) is 17.5. The Labute approximate surface area is 317 Å². The second-order valence-electron chi connectivity index (χ2n) is 16.1. The van der Waals surface area contributed by atoms with Gasteiger partial charge in [0.2, 0.25) is 0 Å². The van der Waals surface area contributed by atoms with Gasteiger partial charge in [-0.25, -0.2) is 0 Å². The normalized spacial score (nSPS) is 13.8. The SMILES string of the molecule is CCCCCCCCCCCCCCCCCCCCOCC(COP(=O)([O-])OCC[N+](C)(C)C)OC(=O)CCCCCCCCCCCCC. The molecular weight excluding hydrogens is 661 g/mol. The minimum atomic E-state index is -4.51. The van der Waals surface area contributed by atoms with E-state index in [0.717, 1.165) is 32.1 Å². The van der Waals surface area contributed by atoms with Gasteiger partial charge in [0.15, 0.2) is 0 Å². The number of ether oxygens (including phenoxy) is 2. The molecule has 8 nitrogen and oxygen atoms in total. The van der Waals surface area contributed by atoms with Crippen molar-refractivity contribution >= 4 is 13.8 Å². The summed E-state index contributed by atoms with van der Waals surface area (Å²) in [6, 6.07) is 0. The van der Waals surface area contributed by atoms with Gasteiger partial charge in [-0.3, -0.25) is 9.36 Å². The molecule has 0 aliphatic heterocycles. The molecule has 2 atom stereocenters. The molecule has 306 valence electrons. The number of quaternary nitrogens is 1. The molecule has 2 unspecified atom stereocenters. The van der Waals surface area contributed by atoms with Gasteiger partial charge in [0.1, 0.15) is 19.3 Å². The van der Waals surface area contributed by atoms with Crippen LogP contribution in [0.1, 0.15) is 206 Å². The Balaban J connectivity index is 4.14. The largest absolute Gasteiger partial charge is 0.756 e.